The molecule has 1 heterocycles. The molecule has 0 bridgehead atoms. The van der Waals surface area contributed by atoms with Crippen LogP contribution < -0.4 is 21.1 Å². The molecule has 12 heteroatoms. The van der Waals surface area contributed by atoms with Crippen molar-refractivity contribution in [1.82, 2.24) is 15.5 Å². The molecule has 6 N–H and O–H groups in total. The quantitative estimate of drug-likeness (QED) is 0.335. The molecule has 38 heavy (non-hydrogen) atoms. The Hall–Kier alpha value is -4.61. The molecule has 1 aliphatic rings. The Balaban J connectivity index is 0.00000118. The van der Waals surface area contributed by atoms with Crippen LogP contribution in [0.25, 0.3) is 0 Å². The molecule has 1 saturated heterocycles. The minimum atomic E-state index is -1.15. The summed E-state index contributed by atoms with van der Waals surface area (Å²) < 4.78 is 5.36. The molecule has 0 aromatic heterocycles. The zero-order chi connectivity index (χ0) is 28.4. The summed E-state index contributed by atoms with van der Waals surface area (Å²) in [5, 5.41) is 22.1. The van der Waals surface area contributed by atoms with Crippen LogP contribution in [-0.4, -0.2) is 65.1 Å². The number of aliphatic carboxylic acids is 1. The Bertz CT molecular complexity index is 1200. The van der Waals surface area contributed by atoms with Crippen LogP contribution in [0.1, 0.15) is 47.8 Å². The molecule has 0 saturated carbocycles. The first-order chi connectivity index (χ1) is 18.0. The highest BCUT2D eigenvalue weighted by atomic mass is 16.5. The first kappa shape index (κ1) is 29.6. The molecule has 3 rings (SSSR count). The number of methoxy groups -OCH3 is 1. The SMILES string of the molecule is CC(=O)O.CC[C@@H](NC(=O)N1CC(=O)NCC(Cc2ccccc2OC)C1=O)c1ccc(C(=O)O)c(N)c1. The maximum absolute atomic E-state index is 13.3. The maximum atomic E-state index is 13.3. The van der Waals surface area contributed by atoms with Crippen molar-refractivity contribution < 1.29 is 38.9 Å². The third-order valence-corrected chi connectivity index (χ3v) is 5.78. The zero-order valence-electron chi connectivity index (χ0n) is 21.4. The van der Waals surface area contributed by atoms with Gasteiger partial charge in [-0.25, -0.2) is 9.59 Å². The van der Waals surface area contributed by atoms with Crippen molar-refractivity contribution in [2.75, 3.05) is 25.9 Å². The largest absolute Gasteiger partial charge is 0.496 e. The molecule has 2 atom stereocenters. The fraction of sp³-hybridized carbons (Fsp3) is 0.346. The summed E-state index contributed by atoms with van der Waals surface area (Å²) in [4.78, 5) is 59.7. The van der Waals surface area contributed by atoms with E-state index in [4.69, 9.17) is 20.4 Å². The number of para-hydroxylation sites is 1. The number of nitrogen functional groups attached to an aromatic ring is 1. The number of ether oxygens (including phenoxy) is 1. The van der Waals surface area contributed by atoms with E-state index in [1.165, 1.54) is 19.2 Å². The van der Waals surface area contributed by atoms with Gasteiger partial charge >= 0.3 is 12.0 Å². The number of carbonyl (C=O) groups is 5. The summed E-state index contributed by atoms with van der Waals surface area (Å²) in [7, 11) is 1.54. The molecule has 0 aliphatic carbocycles. The monoisotopic (exact) mass is 528 g/mol. The molecule has 0 spiro atoms. The zero-order valence-corrected chi connectivity index (χ0v) is 21.4. The second-order valence-electron chi connectivity index (χ2n) is 8.52. The third-order valence-electron chi connectivity index (χ3n) is 5.78. The van der Waals surface area contributed by atoms with Gasteiger partial charge in [0, 0.05) is 19.2 Å². The smallest absolute Gasteiger partial charge is 0.337 e. The number of carbonyl (C=O) groups excluding carboxylic acids is 3. The lowest BCUT2D eigenvalue weighted by molar-refractivity contribution is -0.134. The van der Waals surface area contributed by atoms with Crippen molar-refractivity contribution in [3.63, 3.8) is 0 Å². The van der Waals surface area contributed by atoms with Crippen LogP contribution in [0, 0.1) is 5.92 Å². The Kier molecular flexibility index (Phi) is 10.6. The number of nitrogens with two attached hydrogens (primary N) is 1. The number of amides is 4. The standard InChI is InChI=1S/C24H28N4O6.C2H4O2/c1-3-19(14-8-9-17(23(31)32)18(25)11-14)27-24(33)28-13-21(29)26-12-16(22(28)30)10-15-6-4-5-7-20(15)34-2;1-2(3)4/h4-9,11,16,19H,3,10,12-13,25H2,1-2H3,(H,26,29)(H,27,33)(H,31,32);1H3,(H,3,4)/t16?,19-;/m1./s1. The van der Waals surface area contributed by atoms with E-state index >= 15 is 0 Å². The topological polar surface area (TPSA) is 188 Å². The van der Waals surface area contributed by atoms with Gasteiger partial charge in [0.1, 0.15) is 12.3 Å². The first-order valence-electron chi connectivity index (χ1n) is 11.8. The van der Waals surface area contributed by atoms with Crippen LogP contribution in [0.2, 0.25) is 0 Å². The summed E-state index contributed by atoms with van der Waals surface area (Å²) in [5.74, 6) is -2.93. The van der Waals surface area contributed by atoms with E-state index in [2.05, 4.69) is 10.6 Å². The number of imide groups is 1. The summed E-state index contributed by atoms with van der Waals surface area (Å²) >= 11 is 0. The number of carboxylic acids is 2. The minimum Gasteiger partial charge on any atom is -0.496 e. The van der Waals surface area contributed by atoms with Crippen LogP contribution in [0.5, 0.6) is 5.75 Å². The summed E-state index contributed by atoms with van der Waals surface area (Å²) in [5.41, 5.74) is 7.26. The third kappa shape index (κ3) is 7.95. The lowest BCUT2D eigenvalue weighted by Gasteiger charge is -2.25. The van der Waals surface area contributed by atoms with Gasteiger partial charge in [-0.1, -0.05) is 31.2 Å². The average Bonchev–Trinajstić information content (AvgIpc) is 3.00. The molecular weight excluding hydrogens is 496 g/mol. The van der Waals surface area contributed by atoms with E-state index in [0.29, 0.717) is 17.7 Å². The van der Waals surface area contributed by atoms with Crippen LogP contribution >= 0.6 is 0 Å². The Morgan fingerprint density at radius 1 is 1.18 bits per heavy atom. The number of nitrogens with one attached hydrogen (secondary N) is 2. The molecule has 204 valence electrons. The van der Waals surface area contributed by atoms with Gasteiger partial charge in [0.25, 0.3) is 5.97 Å². The number of hydrogen-bond acceptors (Lipinski definition) is 7. The molecule has 2 aromatic rings. The highest BCUT2D eigenvalue weighted by Gasteiger charge is 2.35. The number of aromatic carboxylic acids is 1. The molecule has 1 aliphatic heterocycles. The molecule has 1 unspecified atom stereocenters. The second-order valence-corrected chi connectivity index (χ2v) is 8.52. The summed E-state index contributed by atoms with van der Waals surface area (Å²) in [6.07, 6.45) is 0.744. The Labute approximate surface area is 219 Å². The van der Waals surface area contributed by atoms with Crippen molar-refractivity contribution in [3.8, 4) is 5.75 Å². The number of rotatable bonds is 7. The lowest BCUT2D eigenvalue weighted by atomic mass is 9.97. The Morgan fingerprint density at radius 2 is 1.84 bits per heavy atom. The van der Waals surface area contributed by atoms with Gasteiger partial charge in [0.2, 0.25) is 11.8 Å². The Morgan fingerprint density at radius 3 is 2.42 bits per heavy atom. The molecule has 0 radical (unpaired) electrons. The van der Waals surface area contributed by atoms with E-state index in [1.807, 2.05) is 25.1 Å². The van der Waals surface area contributed by atoms with Crippen molar-refractivity contribution in [3.05, 3.63) is 59.2 Å². The van der Waals surface area contributed by atoms with Gasteiger partial charge in [-0.3, -0.25) is 19.3 Å². The van der Waals surface area contributed by atoms with E-state index < -0.39 is 48.3 Å². The van der Waals surface area contributed by atoms with E-state index in [-0.39, 0.29) is 24.2 Å². The molecule has 4 amide bonds. The predicted molar refractivity (Wildman–Crippen MR) is 138 cm³/mol. The normalized spacial score (nSPS) is 15.8. The van der Waals surface area contributed by atoms with Gasteiger partial charge in [-0.05, 0) is 42.2 Å². The van der Waals surface area contributed by atoms with Crippen molar-refractivity contribution in [2.45, 2.75) is 32.7 Å². The fourth-order valence-corrected chi connectivity index (χ4v) is 3.93. The van der Waals surface area contributed by atoms with Crippen LogP contribution in [0.4, 0.5) is 10.5 Å². The van der Waals surface area contributed by atoms with Crippen LogP contribution in [-0.2, 0) is 20.8 Å². The summed E-state index contributed by atoms with van der Waals surface area (Å²) in [6.45, 7) is 2.61. The van der Waals surface area contributed by atoms with Crippen molar-refractivity contribution in [2.24, 2.45) is 5.92 Å². The van der Waals surface area contributed by atoms with Gasteiger partial charge in [0.15, 0.2) is 0 Å². The maximum Gasteiger partial charge on any atom is 0.337 e. The molecular formula is C26H32N4O8. The number of benzene rings is 2. The van der Waals surface area contributed by atoms with Gasteiger partial charge in [-0.15, -0.1) is 0 Å². The molecule has 1 fully saturated rings. The second kappa shape index (κ2) is 13.6. The summed E-state index contributed by atoms with van der Waals surface area (Å²) in [6, 6.07) is 10.4. The molecule has 2 aromatic carbocycles. The van der Waals surface area contributed by atoms with Crippen molar-refractivity contribution >= 4 is 35.5 Å². The van der Waals surface area contributed by atoms with Gasteiger partial charge in [-0.2, -0.15) is 0 Å². The average molecular weight is 529 g/mol. The lowest BCUT2D eigenvalue weighted by Crippen LogP contribution is -2.48. The highest BCUT2D eigenvalue weighted by molar-refractivity contribution is 6.01. The number of nitrogens with zero attached hydrogens (tertiary/aromatic N) is 1. The predicted octanol–water partition coefficient (Wildman–Crippen LogP) is 2.04. The van der Waals surface area contributed by atoms with Gasteiger partial charge < -0.3 is 31.3 Å². The number of anilines is 1. The number of hydrogen-bond donors (Lipinski definition) is 5. The minimum absolute atomic E-state index is 0.0384. The van der Waals surface area contributed by atoms with Crippen LogP contribution in [0.15, 0.2) is 42.5 Å². The van der Waals surface area contributed by atoms with E-state index in [0.717, 1.165) is 17.4 Å². The van der Waals surface area contributed by atoms with E-state index in [9.17, 15) is 24.3 Å². The number of urea groups is 1. The molecule has 12 nitrogen and oxygen atoms in total. The van der Waals surface area contributed by atoms with E-state index in [1.54, 1.807) is 12.1 Å². The fourth-order valence-electron chi connectivity index (χ4n) is 3.93. The highest BCUT2D eigenvalue weighted by Crippen LogP contribution is 2.25. The van der Waals surface area contributed by atoms with Crippen LogP contribution in [0.3, 0.4) is 0 Å². The van der Waals surface area contributed by atoms with Gasteiger partial charge in [0.05, 0.1) is 24.6 Å². The first-order valence-corrected chi connectivity index (χ1v) is 11.8. The van der Waals surface area contributed by atoms with Crippen molar-refractivity contribution in [1.29, 1.82) is 0 Å². The number of carboxylic acid groups (broad SMARTS) is 2.